The topological polar surface area (TPSA) is 320 Å². The van der Waals surface area contributed by atoms with Crippen molar-refractivity contribution in [2.75, 3.05) is 30.0 Å². The number of carboxylic acid groups (broad SMARTS) is 1. The Hall–Kier alpha value is -6.55. The van der Waals surface area contributed by atoms with Gasteiger partial charge in [0.1, 0.15) is 29.9 Å². The number of H-pyrrole nitrogens is 2. The van der Waals surface area contributed by atoms with E-state index < -0.39 is 95.1 Å². The number of hydrogen-bond acceptors (Lipinski definition) is 15. The standard InChI is InChI=1S/C53H58N6O13/c54-41-13-11-29-10-9-27-4-1-2-5-34(27)52(29,41)35-15-16-51(50(68)69)44(35)32-20-38(63)39(71-53(70)49(67)48(66)47(65)40(24-61)72-53)21-36(32)59(51)43(64)14-8-26-7-12-37(62)30(18-26)31-19-28(23-60)33(46-45(31)57-25-58-46)22-56-42-6-3-17-55-42/h1-8,12,14-18,20-21,25,28-29,31,33,35,40-41,44,47-49,55-56,60-63,65-67,70H,9-11,13,19,22-24,54H2,(H,57,58)(H,68,69)/b14-8+/t28-,29-,31-,33-,35+,40+,41+,44-,47+,48-,49+,51+,52+,53-/m0/s1. The number of nitrogens with zero attached hydrogens (tertiary/aromatic N) is 2. The molecule has 1 saturated heterocycles. The molecule has 19 nitrogen and oxygen atoms in total. The highest BCUT2D eigenvalue weighted by Crippen LogP contribution is 2.67. The molecule has 2 aliphatic heterocycles. The summed E-state index contributed by atoms with van der Waals surface area (Å²) < 4.78 is 11.1. The molecule has 0 radical (unpaired) electrons. The number of rotatable bonds is 12. The Morgan fingerprint density at radius 2 is 1.78 bits per heavy atom. The Balaban J connectivity index is 0.988. The van der Waals surface area contributed by atoms with Crippen molar-refractivity contribution in [2.24, 2.45) is 23.5 Å². The van der Waals surface area contributed by atoms with Crippen LogP contribution in [0, 0.1) is 17.8 Å². The zero-order valence-corrected chi connectivity index (χ0v) is 39.0. The number of benzene rings is 3. The van der Waals surface area contributed by atoms with Crippen LogP contribution in [0.4, 0.5) is 11.5 Å². The van der Waals surface area contributed by atoms with Gasteiger partial charge in [-0.2, -0.15) is 0 Å². The first-order valence-electron chi connectivity index (χ1n) is 24.4. The molecule has 19 heteroatoms. The molecule has 2 fully saturated rings. The number of nitrogens with one attached hydrogen (secondary N) is 3. The Morgan fingerprint density at radius 1 is 0.958 bits per heavy atom. The van der Waals surface area contributed by atoms with Crippen molar-refractivity contribution in [2.45, 2.75) is 97.2 Å². The Labute approximate surface area is 412 Å². The number of aliphatic carboxylic acids is 1. The van der Waals surface area contributed by atoms with Gasteiger partial charge >= 0.3 is 11.9 Å². The van der Waals surface area contributed by atoms with Gasteiger partial charge in [0.2, 0.25) is 0 Å². The van der Waals surface area contributed by atoms with Crippen LogP contribution in [0.25, 0.3) is 6.08 Å². The molecule has 5 aromatic rings. The van der Waals surface area contributed by atoms with Crippen molar-refractivity contribution >= 4 is 29.5 Å². The van der Waals surface area contributed by atoms with E-state index >= 15 is 4.79 Å². The maximum atomic E-state index is 15.2. The first kappa shape index (κ1) is 47.8. The van der Waals surface area contributed by atoms with Gasteiger partial charge in [0, 0.05) is 72.0 Å². The number of aliphatic hydroxyl groups is 6. The molecule has 4 heterocycles. The van der Waals surface area contributed by atoms with Crippen LogP contribution >= 0.6 is 0 Å². The second-order valence-corrected chi connectivity index (χ2v) is 20.2. The number of fused-ring (bicyclic) bond motifs is 7. The molecule has 14 atom stereocenters. The van der Waals surface area contributed by atoms with Crippen molar-refractivity contribution in [3.05, 3.63) is 137 Å². The lowest BCUT2D eigenvalue weighted by Gasteiger charge is -2.50. The SMILES string of the molecule is N[C@@H]1CC[C@@H]2CCc3ccccc3[C@@]21[C@@H]1C=C[C@]2(C(=O)O)[C@H]1c1cc(O)c(O[C@]3(O)O[C@H](CO)[C@@H](O)[C@H](O)[C@H]3O)cc1N2C(=O)/C=C/c1ccc(O)c([C@@H]2C[C@@H](CO)[C@H](CNc3ccc[nH]3)c3nc[nH]c32)c1. The van der Waals surface area contributed by atoms with Gasteiger partial charge < -0.3 is 76.5 Å². The number of carbonyl (C=O) groups is 2. The van der Waals surface area contributed by atoms with E-state index in [0.29, 0.717) is 30.5 Å². The summed E-state index contributed by atoms with van der Waals surface area (Å²) in [5, 5.41) is 102. The van der Waals surface area contributed by atoms with Gasteiger partial charge in [-0.15, -0.1) is 0 Å². The summed E-state index contributed by atoms with van der Waals surface area (Å²) in [6.07, 6.45) is 5.14. The van der Waals surface area contributed by atoms with E-state index in [2.05, 4.69) is 32.4 Å². The van der Waals surface area contributed by atoms with Crippen molar-refractivity contribution < 1.29 is 65.0 Å². The molecule has 3 aromatic carbocycles. The lowest BCUT2D eigenvalue weighted by Crippen LogP contribution is -2.67. The van der Waals surface area contributed by atoms with Crippen LogP contribution in [0.5, 0.6) is 17.2 Å². The van der Waals surface area contributed by atoms with Crippen LogP contribution in [0.2, 0.25) is 0 Å². The summed E-state index contributed by atoms with van der Waals surface area (Å²) in [6.45, 7) is -0.556. The van der Waals surface area contributed by atoms with Gasteiger partial charge in [0.25, 0.3) is 5.91 Å². The van der Waals surface area contributed by atoms with Gasteiger partial charge in [-0.1, -0.05) is 42.5 Å². The number of allylic oxidation sites excluding steroid dienone is 1. The minimum absolute atomic E-state index is 0.0209. The van der Waals surface area contributed by atoms with Crippen LogP contribution in [0.15, 0.2) is 97.5 Å². The number of phenols is 2. The van der Waals surface area contributed by atoms with Crippen LogP contribution in [-0.4, -0.2) is 135 Å². The maximum absolute atomic E-state index is 15.2. The number of aromatic amines is 2. The number of nitrogens with two attached hydrogens (primary N) is 1. The van der Waals surface area contributed by atoms with Crippen LogP contribution in [-0.2, 0) is 26.2 Å². The molecule has 1 saturated carbocycles. The number of aromatic nitrogens is 3. The number of carboxylic acids is 1. The maximum Gasteiger partial charge on any atom is 0.355 e. The summed E-state index contributed by atoms with van der Waals surface area (Å²) in [7, 11) is 0. The smallest absolute Gasteiger partial charge is 0.355 e. The fourth-order valence-electron chi connectivity index (χ4n) is 13.5. The second-order valence-electron chi connectivity index (χ2n) is 20.2. The third-order valence-electron chi connectivity index (χ3n) is 16.8. The quantitative estimate of drug-likeness (QED) is 0.0486. The molecule has 2 aromatic heterocycles. The summed E-state index contributed by atoms with van der Waals surface area (Å²) in [5.41, 5.74) is 9.19. The normalized spacial score (nSPS) is 34.3. The molecule has 72 heavy (non-hydrogen) atoms. The average Bonchev–Trinajstić information content (AvgIpc) is 4.24. The highest BCUT2D eigenvalue weighted by Gasteiger charge is 2.69. The first-order chi connectivity index (χ1) is 34.7. The Morgan fingerprint density at radius 3 is 2.54 bits per heavy atom. The predicted octanol–water partition coefficient (Wildman–Crippen LogP) is 2.76. The number of anilines is 2. The number of aromatic hydroxyl groups is 2. The monoisotopic (exact) mass is 986 g/mol. The van der Waals surface area contributed by atoms with Gasteiger partial charge in [-0.05, 0) is 109 Å². The van der Waals surface area contributed by atoms with Crippen LogP contribution in [0.1, 0.15) is 82.6 Å². The minimum Gasteiger partial charge on any atom is -0.508 e. The van der Waals surface area contributed by atoms with Gasteiger partial charge in [-0.3, -0.25) is 9.69 Å². The van der Waals surface area contributed by atoms with Crippen molar-refractivity contribution in [1.29, 1.82) is 0 Å². The van der Waals surface area contributed by atoms with E-state index in [1.54, 1.807) is 18.5 Å². The lowest BCUT2D eigenvalue weighted by molar-refractivity contribution is -0.422. The highest BCUT2D eigenvalue weighted by molar-refractivity contribution is 6.13. The molecular formula is C53H58N6O13. The number of imidazole rings is 1. The van der Waals surface area contributed by atoms with Crippen molar-refractivity contribution in [1.82, 2.24) is 15.0 Å². The fraction of sp³-hybridized carbons (Fsp3) is 0.415. The third-order valence-corrected chi connectivity index (χ3v) is 16.8. The molecule has 1 amide bonds. The van der Waals surface area contributed by atoms with Gasteiger partial charge in [-0.25, -0.2) is 9.78 Å². The fourth-order valence-corrected chi connectivity index (χ4v) is 13.5. The molecule has 4 aliphatic carbocycles. The zero-order valence-electron chi connectivity index (χ0n) is 39.0. The Kier molecular flexibility index (Phi) is 11.9. The first-order valence-corrected chi connectivity index (χ1v) is 24.4. The molecule has 0 bridgehead atoms. The summed E-state index contributed by atoms with van der Waals surface area (Å²) in [4.78, 5) is 41.7. The molecule has 14 N–H and O–H groups in total. The molecule has 0 spiro atoms. The van der Waals surface area contributed by atoms with Gasteiger partial charge in [0.15, 0.2) is 23.1 Å². The molecule has 6 aliphatic rings. The molecule has 378 valence electrons. The number of phenolic OH excluding ortho intramolecular Hbond substituents is 2. The van der Waals surface area contributed by atoms with E-state index in [1.165, 1.54) is 30.4 Å². The number of carbonyl (C=O) groups excluding carboxylic acids is 1. The van der Waals surface area contributed by atoms with Crippen molar-refractivity contribution in [3.8, 4) is 17.2 Å². The summed E-state index contributed by atoms with van der Waals surface area (Å²) >= 11 is 0. The zero-order chi connectivity index (χ0) is 50.4. The van der Waals surface area contributed by atoms with Crippen LogP contribution in [0.3, 0.4) is 0 Å². The van der Waals surface area contributed by atoms with E-state index in [1.807, 2.05) is 36.5 Å². The van der Waals surface area contributed by atoms with E-state index in [0.717, 1.165) is 58.6 Å². The largest absolute Gasteiger partial charge is 0.508 e. The lowest BCUT2D eigenvalue weighted by atomic mass is 9.54. The number of aliphatic hydroxyl groups excluding tert-OH is 5. The minimum atomic E-state index is -3.16. The number of aryl methyl sites for hydroxylation is 1. The van der Waals surface area contributed by atoms with E-state index in [9.17, 15) is 50.8 Å². The van der Waals surface area contributed by atoms with Gasteiger partial charge in [0.05, 0.1) is 24.3 Å². The van der Waals surface area contributed by atoms with Crippen LogP contribution < -0.4 is 20.7 Å². The predicted molar refractivity (Wildman–Crippen MR) is 259 cm³/mol. The van der Waals surface area contributed by atoms with E-state index in [4.69, 9.17) is 15.2 Å². The molecule has 0 unspecified atom stereocenters. The molecule has 11 rings (SSSR count). The third kappa shape index (κ3) is 7.12. The van der Waals surface area contributed by atoms with Crippen molar-refractivity contribution in [3.63, 3.8) is 0 Å². The summed E-state index contributed by atoms with van der Waals surface area (Å²) in [6, 6.07) is 18.7. The number of ether oxygens (including phenoxy) is 2. The second kappa shape index (κ2) is 17.9. The highest BCUT2D eigenvalue weighted by atomic mass is 16.8. The van der Waals surface area contributed by atoms with E-state index in [-0.39, 0.29) is 41.4 Å². The summed E-state index contributed by atoms with van der Waals surface area (Å²) in [5.74, 6) is -8.19. The molecular weight excluding hydrogens is 929 g/mol. The Bertz CT molecular complexity index is 2960. The number of amides is 1. The average molecular weight is 987 g/mol. The number of hydrogen-bond donors (Lipinski definition) is 13.